The Morgan fingerprint density at radius 3 is 2.89 bits per heavy atom. The highest BCUT2D eigenvalue weighted by molar-refractivity contribution is 6.30. The molecule has 1 heterocycles. The summed E-state index contributed by atoms with van der Waals surface area (Å²) in [5, 5.41) is 3.35. The van der Waals surface area contributed by atoms with Crippen molar-refractivity contribution in [3.63, 3.8) is 0 Å². The van der Waals surface area contributed by atoms with Crippen molar-refractivity contribution in [2.24, 2.45) is 5.41 Å². The van der Waals surface area contributed by atoms with E-state index in [1.807, 2.05) is 0 Å². The highest BCUT2D eigenvalue weighted by Crippen LogP contribution is 2.35. The van der Waals surface area contributed by atoms with E-state index in [-0.39, 0.29) is 16.2 Å². The number of ketones is 1. The number of piperidine rings is 1. The summed E-state index contributed by atoms with van der Waals surface area (Å²) in [6, 6.07) is 4.34. The Morgan fingerprint density at radius 2 is 2.32 bits per heavy atom. The number of rotatable bonds is 4. The van der Waals surface area contributed by atoms with Crippen LogP contribution in [0.25, 0.3) is 0 Å². The van der Waals surface area contributed by atoms with Crippen molar-refractivity contribution >= 4 is 17.4 Å². The van der Waals surface area contributed by atoms with Crippen LogP contribution in [0.2, 0.25) is 5.02 Å². The highest BCUT2D eigenvalue weighted by atomic mass is 35.5. The summed E-state index contributed by atoms with van der Waals surface area (Å²) in [5.41, 5.74) is 0.0480. The van der Waals surface area contributed by atoms with Gasteiger partial charge in [0, 0.05) is 17.5 Å². The van der Waals surface area contributed by atoms with E-state index in [0.717, 1.165) is 32.2 Å². The molecular formula is C15H19ClFNO. The normalized spacial score (nSPS) is 23.3. The molecule has 19 heavy (non-hydrogen) atoms. The number of carbonyl (C=O) groups excluding carboxylic acids is 1. The molecule has 0 bridgehead atoms. The van der Waals surface area contributed by atoms with Crippen LogP contribution in [0.4, 0.5) is 4.39 Å². The van der Waals surface area contributed by atoms with Crippen LogP contribution in [-0.2, 0) is 0 Å². The molecule has 1 saturated heterocycles. The van der Waals surface area contributed by atoms with Crippen LogP contribution in [0, 0.1) is 11.2 Å². The van der Waals surface area contributed by atoms with Crippen molar-refractivity contribution in [3.05, 3.63) is 34.6 Å². The molecule has 0 spiro atoms. The fourth-order valence-corrected chi connectivity index (χ4v) is 3.03. The summed E-state index contributed by atoms with van der Waals surface area (Å²) in [6.07, 6.45) is 3.64. The SMILES string of the molecule is CCCC1(C(=O)c2ccc(Cl)c(F)c2)CCCNC1. The Bertz CT molecular complexity index is 464. The molecule has 1 atom stereocenters. The molecule has 1 fully saturated rings. The minimum absolute atomic E-state index is 0.0390. The van der Waals surface area contributed by atoms with Crippen molar-refractivity contribution in [2.45, 2.75) is 32.6 Å². The third-order valence-electron chi connectivity index (χ3n) is 3.86. The fraction of sp³-hybridized carbons (Fsp3) is 0.533. The molecule has 1 aliphatic heterocycles. The van der Waals surface area contributed by atoms with Crippen LogP contribution in [0.3, 0.4) is 0 Å². The molecular weight excluding hydrogens is 265 g/mol. The zero-order valence-corrected chi connectivity index (χ0v) is 11.9. The van der Waals surface area contributed by atoms with E-state index < -0.39 is 5.82 Å². The maximum Gasteiger partial charge on any atom is 0.170 e. The number of Topliss-reactive ketones (excluding diaryl/α,β-unsaturated/α-hetero) is 1. The second-order valence-corrected chi connectivity index (χ2v) is 5.68. The van der Waals surface area contributed by atoms with E-state index in [1.165, 1.54) is 12.1 Å². The maximum atomic E-state index is 13.5. The third-order valence-corrected chi connectivity index (χ3v) is 4.17. The molecule has 0 saturated carbocycles. The average molecular weight is 284 g/mol. The van der Waals surface area contributed by atoms with Gasteiger partial charge in [-0.25, -0.2) is 4.39 Å². The smallest absolute Gasteiger partial charge is 0.170 e. The van der Waals surface area contributed by atoms with Gasteiger partial charge < -0.3 is 5.32 Å². The van der Waals surface area contributed by atoms with Crippen LogP contribution in [0.5, 0.6) is 0 Å². The first-order valence-corrected chi connectivity index (χ1v) is 7.17. The Hall–Kier alpha value is -0.930. The molecule has 104 valence electrons. The molecule has 0 aromatic heterocycles. The maximum absolute atomic E-state index is 13.5. The van der Waals surface area contributed by atoms with Gasteiger partial charge in [0.1, 0.15) is 5.82 Å². The van der Waals surface area contributed by atoms with Crippen LogP contribution < -0.4 is 5.32 Å². The van der Waals surface area contributed by atoms with Gasteiger partial charge in [0.15, 0.2) is 5.78 Å². The lowest BCUT2D eigenvalue weighted by Crippen LogP contribution is -2.45. The van der Waals surface area contributed by atoms with Crippen molar-refractivity contribution in [2.75, 3.05) is 13.1 Å². The van der Waals surface area contributed by atoms with Gasteiger partial charge in [-0.3, -0.25) is 4.79 Å². The molecule has 1 aliphatic rings. The first-order chi connectivity index (χ1) is 9.09. The molecule has 1 unspecified atom stereocenters. The third kappa shape index (κ3) is 2.98. The van der Waals surface area contributed by atoms with Gasteiger partial charge in [-0.05, 0) is 44.0 Å². The van der Waals surface area contributed by atoms with Gasteiger partial charge in [0.25, 0.3) is 0 Å². The molecule has 4 heteroatoms. The summed E-state index contributed by atoms with van der Waals surface area (Å²) in [6.45, 7) is 3.71. The van der Waals surface area contributed by atoms with Crippen LogP contribution in [0.15, 0.2) is 18.2 Å². The van der Waals surface area contributed by atoms with Crippen molar-refractivity contribution in [1.82, 2.24) is 5.32 Å². The summed E-state index contributed by atoms with van der Waals surface area (Å²) in [7, 11) is 0. The molecule has 1 N–H and O–H groups in total. The topological polar surface area (TPSA) is 29.1 Å². The van der Waals surface area contributed by atoms with Crippen LogP contribution in [-0.4, -0.2) is 18.9 Å². The number of carbonyl (C=O) groups is 1. The molecule has 0 aliphatic carbocycles. The predicted octanol–water partition coefficient (Wildman–Crippen LogP) is 3.83. The molecule has 1 aromatic rings. The summed E-state index contributed by atoms with van der Waals surface area (Å²) < 4.78 is 13.5. The number of halogens is 2. The minimum atomic E-state index is -0.525. The Kier molecular flexibility index (Phi) is 4.58. The van der Waals surface area contributed by atoms with Gasteiger partial charge in [0.05, 0.1) is 5.02 Å². The Balaban J connectivity index is 2.30. The summed E-state index contributed by atoms with van der Waals surface area (Å²) >= 11 is 5.67. The van der Waals surface area contributed by atoms with Gasteiger partial charge in [0.2, 0.25) is 0 Å². The largest absolute Gasteiger partial charge is 0.316 e. The Labute approximate surface area is 118 Å². The van der Waals surface area contributed by atoms with E-state index in [9.17, 15) is 9.18 Å². The number of hydrogen-bond donors (Lipinski definition) is 1. The average Bonchev–Trinajstić information content (AvgIpc) is 2.42. The quantitative estimate of drug-likeness (QED) is 0.851. The molecule has 0 radical (unpaired) electrons. The number of hydrogen-bond acceptors (Lipinski definition) is 2. The minimum Gasteiger partial charge on any atom is -0.316 e. The van der Waals surface area contributed by atoms with E-state index in [0.29, 0.717) is 12.1 Å². The summed E-state index contributed by atoms with van der Waals surface area (Å²) in [5.74, 6) is -0.486. The fourth-order valence-electron chi connectivity index (χ4n) is 2.91. The van der Waals surface area contributed by atoms with Gasteiger partial charge >= 0.3 is 0 Å². The second-order valence-electron chi connectivity index (χ2n) is 5.27. The number of benzene rings is 1. The van der Waals surface area contributed by atoms with Crippen molar-refractivity contribution < 1.29 is 9.18 Å². The van der Waals surface area contributed by atoms with Gasteiger partial charge in [-0.15, -0.1) is 0 Å². The van der Waals surface area contributed by atoms with Crippen LogP contribution in [0.1, 0.15) is 43.0 Å². The second kappa shape index (κ2) is 6.02. The van der Waals surface area contributed by atoms with E-state index in [4.69, 9.17) is 11.6 Å². The molecule has 2 rings (SSSR count). The monoisotopic (exact) mass is 283 g/mol. The highest BCUT2D eigenvalue weighted by Gasteiger charge is 2.39. The molecule has 0 amide bonds. The van der Waals surface area contributed by atoms with Crippen molar-refractivity contribution in [1.29, 1.82) is 0 Å². The molecule has 1 aromatic carbocycles. The standard InChI is InChI=1S/C15H19ClFNO/c1-2-6-15(7-3-8-18-10-15)14(19)11-4-5-12(16)13(17)9-11/h4-5,9,18H,2-3,6-8,10H2,1H3. The summed E-state index contributed by atoms with van der Waals surface area (Å²) in [4.78, 5) is 12.7. The van der Waals surface area contributed by atoms with E-state index in [2.05, 4.69) is 12.2 Å². The Morgan fingerprint density at radius 1 is 1.53 bits per heavy atom. The predicted molar refractivity (Wildman–Crippen MR) is 75.2 cm³/mol. The number of nitrogens with one attached hydrogen (secondary N) is 1. The zero-order chi connectivity index (χ0) is 13.9. The zero-order valence-electron chi connectivity index (χ0n) is 11.1. The van der Waals surface area contributed by atoms with E-state index in [1.54, 1.807) is 6.07 Å². The van der Waals surface area contributed by atoms with E-state index >= 15 is 0 Å². The van der Waals surface area contributed by atoms with Gasteiger partial charge in [-0.2, -0.15) is 0 Å². The van der Waals surface area contributed by atoms with Crippen LogP contribution >= 0.6 is 11.6 Å². The molecule has 2 nitrogen and oxygen atoms in total. The lowest BCUT2D eigenvalue weighted by atomic mass is 9.71. The lowest BCUT2D eigenvalue weighted by Gasteiger charge is -2.36. The first-order valence-electron chi connectivity index (χ1n) is 6.79. The lowest BCUT2D eigenvalue weighted by molar-refractivity contribution is 0.0717. The van der Waals surface area contributed by atoms with Gasteiger partial charge in [-0.1, -0.05) is 24.9 Å². The first kappa shape index (κ1) is 14.5. The van der Waals surface area contributed by atoms with Crippen molar-refractivity contribution in [3.8, 4) is 0 Å².